The van der Waals surface area contributed by atoms with Crippen LogP contribution in [-0.4, -0.2) is 44.0 Å². The number of fused-ring (bicyclic) bond motifs is 1. The van der Waals surface area contributed by atoms with Crippen LogP contribution in [0.15, 0.2) is 24.3 Å². The monoisotopic (exact) mass is 347 g/mol. The van der Waals surface area contributed by atoms with Crippen LogP contribution in [0, 0.1) is 5.82 Å². The molecule has 0 fully saturated rings. The van der Waals surface area contributed by atoms with E-state index < -0.39 is 29.8 Å². The summed E-state index contributed by atoms with van der Waals surface area (Å²) in [6.07, 6.45) is 2.25. The topological polar surface area (TPSA) is 104 Å². The number of aromatic nitrogens is 2. The van der Waals surface area contributed by atoms with Gasteiger partial charge in [0.25, 0.3) is 5.91 Å². The van der Waals surface area contributed by atoms with Crippen LogP contribution in [0.4, 0.5) is 4.39 Å². The summed E-state index contributed by atoms with van der Waals surface area (Å²) in [5.41, 5.74) is 0.259. The predicted octanol–water partition coefficient (Wildman–Crippen LogP) is 1.07. The average Bonchev–Trinajstić information content (AvgIpc) is 3.14. The summed E-state index contributed by atoms with van der Waals surface area (Å²) in [6, 6.07) is 5.93. The van der Waals surface area contributed by atoms with Gasteiger partial charge in [0.2, 0.25) is 0 Å². The zero-order valence-electron chi connectivity index (χ0n) is 13.6. The molecule has 3 rings (SSSR count). The van der Waals surface area contributed by atoms with Gasteiger partial charge in [-0.2, -0.15) is 5.10 Å². The molecule has 1 atom stereocenters. The van der Waals surface area contributed by atoms with E-state index in [2.05, 4.69) is 10.4 Å². The summed E-state index contributed by atoms with van der Waals surface area (Å²) in [6.45, 7) is 0.661. The molecule has 0 bridgehead atoms. The maximum atomic E-state index is 13.5. The highest BCUT2D eigenvalue weighted by molar-refractivity contribution is 5.94. The molecule has 1 unspecified atom stereocenters. The van der Waals surface area contributed by atoms with Gasteiger partial charge in [0, 0.05) is 11.3 Å². The second-order valence-electron chi connectivity index (χ2n) is 6.28. The van der Waals surface area contributed by atoms with Gasteiger partial charge in [-0.1, -0.05) is 6.07 Å². The Hall–Kier alpha value is -2.74. The molecule has 1 aromatic carbocycles. The number of hydrogen-bond donors (Lipinski definition) is 3. The van der Waals surface area contributed by atoms with Crippen molar-refractivity contribution in [1.29, 1.82) is 0 Å². The van der Waals surface area contributed by atoms with Crippen molar-refractivity contribution in [2.45, 2.75) is 31.8 Å². The Morgan fingerprint density at radius 2 is 2.16 bits per heavy atom. The Morgan fingerprint density at radius 1 is 1.40 bits per heavy atom. The third-order valence-electron chi connectivity index (χ3n) is 4.25. The van der Waals surface area contributed by atoms with Crippen LogP contribution in [0.2, 0.25) is 0 Å². The molecule has 25 heavy (non-hydrogen) atoms. The van der Waals surface area contributed by atoms with E-state index in [-0.39, 0.29) is 5.69 Å². The fourth-order valence-electron chi connectivity index (χ4n) is 2.85. The fourth-order valence-corrected chi connectivity index (χ4v) is 2.85. The van der Waals surface area contributed by atoms with Crippen LogP contribution >= 0.6 is 0 Å². The molecular formula is C17H18FN3O4. The van der Waals surface area contributed by atoms with Gasteiger partial charge in [-0.05, 0) is 44.4 Å². The van der Waals surface area contributed by atoms with Crippen molar-refractivity contribution in [2.24, 2.45) is 0 Å². The molecule has 0 radical (unpaired) electrons. The summed E-state index contributed by atoms with van der Waals surface area (Å²) in [5.74, 6) is -2.39. The van der Waals surface area contributed by atoms with Crippen LogP contribution in [0.1, 0.15) is 35.1 Å². The molecule has 7 nitrogen and oxygen atoms in total. The second kappa shape index (κ2) is 6.29. The molecular weight excluding hydrogens is 329 g/mol. The first-order valence-corrected chi connectivity index (χ1v) is 7.90. The summed E-state index contributed by atoms with van der Waals surface area (Å²) < 4.78 is 15.0. The van der Waals surface area contributed by atoms with Crippen LogP contribution in [-0.2, 0) is 17.6 Å². The molecule has 0 saturated carbocycles. The first-order valence-electron chi connectivity index (χ1n) is 7.90. The third kappa shape index (κ3) is 3.25. The number of nitrogens with zero attached hydrogens (tertiary/aromatic N) is 2. The van der Waals surface area contributed by atoms with Crippen LogP contribution < -0.4 is 5.32 Å². The van der Waals surface area contributed by atoms with E-state index in [0.29, 0.717) is 12.1 Å². The smallest absolute Gasteiger partial charge is 0.337 e. The lowest BCUT2D eigenvalue weighted by atomic mass is 10.1. The molecule has 1 amide bonds. The van der Waals surface area contributed by atoms with Crippen LogP contribution in [0.3, 0.4) is 0 Å². The molecule has 1 aliphatic rings. The van der Waals surface area contributed by atoms with E-state index in [9.17, 15) is 19.1 Å². The lowest BCUT2D eigenvalue weighted by Gasteiger charge is -2.17. The Labute approximate surface area is 143 Å². The number of hydrogen-bond acceptors (Lipinski definition) is 4. The van der Waals surface area contributed by atoms with Crippen molar-refractivity contribution in [1.82, 2.24) is 15.1 Å². The fraction of sp³-hybridized carbons (Fsp3) is 0.353. The van der Waals surface area contributed by atoms with E-state index >= 15 is 0 Å². The van der Waals surface area contributed by atoms with Crippen LogP contribution in [0.25, 0.3) is 5.69 Å². The van der Waals surface area contributed by atoms with Gasteiger partial charge in [-0.3, -0.25) is 4.79 Å². The molecule has 2 aromatic rings. The molecule has 132 valence electrons. The Bertz CT molecular complexity index is 844. The highest BCUT2D eigenvalue weighted by Crippen LogP contribution is 2.28. The van der Waals surface area contributed by atoms with Crippen molar-refractivity contribution in [3.8, 4) is 5.69 Å². The van der Waals surface area contributed by atoms with Crippen molar-refractivity contribution >= 4 is 11.9 Å². The van der Waals surface area contributed by atoms with Gasteiger partial charge >= 0.3 is 5.97 Å². The summed E-state index contributed by atoms with van der Waals surface area (Å²) in [7, 11) is 0. The summed E-state index contributed by atoms with van der Waals surface area (Å²) >= 11 is 0. The summed E-state index contributed by atoms with van der Waals surface area (Å²) in [4.78, 5) is 23.3. The lowest BCUT2D eigenvalue weighted by molar-refractivity contribution is -0.155. The number of halogens is 1. The number of carboxylic acids is 1. The first kappa shape index (κ1) is 17.1. The molecule has 3 N–H and O–H groups in total. The van der Waals surface area contributed by atoms with Gasteiger partial charge in [-0.25, -0.2) is 13.9 Å². The molecule has 1 aliphatic carbocycles. The molecule has 1 aromatic heterocycles. The van der Waals surface area contributed by atoms with Gasteiger partial charge in [0.15, 0.2) is 11.3 Å². The van der Waals surface area contributed by atoms with Gasteiger partial charge in [0.05, 0.1) is 12.2 Å². The average molecular weight is 347 g/mol. The maximum Gasteiger partial charge on any atom is 0.337 e. The first-order chi connectivity index (χ1) is 11.8. The van der Waals surface area contributed by atoms with Gasteiger partial charge in [-0.15, -0.1) is 0 Å². The molecule has 0 spiro atoms. The highest BCUT2D eigenvalue weighted by Gasteiger charge is 2.32. The van der Waals surface area contributed by atoms with E-state index in [1.165, 1.54) is 12.1 Å². The van der Waals surface area contributed by atoms with Crippen molar-refractivity contribution in [3.05, 3.63) is 47.0 Å². The number of aliphatic carboxylic acids is 1. The normalized spacial score (nSPS) is 15.5. The number of aliphatic hydroxyl groups is 1. The maximum absolute atomic E-state index is 13.5. The van der Waals surface area contributed by atoms with E-state index in [0.717, 1.165) is 31.0 Å². The van der Waals surface area contributed by atoms with Crippen molar-refractivity contribution < 1.29 is 24.2 Å². The Kier molecular flexibility index (Phi) is 4.30. The van der Waals surface area contributed by atoms with Crippen molar-refractivity contribution in [2.75, 3.05) is 6.54 Å². The number of benzene rings is 1. The SMILES string of the molecule is CC(O)(CNC(=O)c1nn(-c2cccc(F)c2)c2c1CCC2)C(=O)O. The minimum Gasteiger partial charge on any atom is -0.479 e. The number of nitrogens with one attached hydrogen (secondary N) is 1. The molecule has 0 saturated heterocycles. The standard InChI is InChI=1S/C17H18FN3O4/c1-17(25,16(23)24)9-19-15(22)14-12-6-3-7-13(12)21(20-14)11-5-2-4-10(18)8-11/h2,4-5,8,25H,3,6-7,9H2,1H3,(H,19,22)(H,23,24). The Morgan fingerprint density at radius 3 is 2.84 bits per heavy atom. The molecule has 1 heterocycles. The number of amides is 1. The molecule has 8 heteroatoms. The summed E-state index contributed by atoms with van der Waals surface area (Å²) in [5, 5.41) is 25.3. The van der Waals surface area contributed by atoms with Gasteiger partial charge < -0.3 is 15.5 Å². The molecule has 0 aliphatic heterocycles. The van der Waals surface area contributed by atoms with Gasteiger partial charge in [0.1, 0.15) is 5.82 Å². The number of carbonyl (C=O) groups excluding carboxylic acids is 1. The van der Waals surface area contributed by atoms with E-state index in [1.807, 2.05) is 0 Å². The predicted molar refractivity (Wildman–Crippen MR) is 86.1 cm³/mol. The zero-order valence-corrected chi connectivity index (χ0v) is 13.6. The number of carbonyl (C=O) groups is 2. The number of carboxylic acid groups (broad SMARTS) is 1. The third-order valence-corrected chi connectivity index (χ3v) is 4.25. The minimum absolute atomic E-state index is 0.179. The Balaban J connectivity index is 1.89. The van der Waals surface area contributed by atoms with E-state index in [4.69, 9.17) is 5.11 Å². The zero-order chi connectivity index (χ0) is 18.2. The number of rotatable bonds is 5. The minimum atomic E-state index is -2.07. The highest BCUT2D eigenvalue weighted by atomic mass is 19.1. The van der Waals surface area contributed by atoms with Crippen LogP contribution in [0.5, 0.6) is 0 Å². The lowest BCUT2D eigenvalue weighted by Crippen LogP contribution is -2.46. The van der Waals surface area contributed by atoms with Crippen molar-refractivity contribution in [3.63, 3.8) is 0 Å². The second-order valence-corrected chi connectivity index (χ2v) is 6.28. The largest absolute Gasteiger partial charge is 0.479 e. The quantitative estimate of drug-likeness (QED) is 0.750. The van der Waals surface area contributed by atoms with E-state index in [1.54, 1.807) is 16.8 Å².